The van der Waals surface area contributed by atoms with E-state index in [0.29, 0.717) is 32.4 Å². The molecule has 0 radical (unpaired) electrons. The number of nitrogen functional groups attached to an aromatic ring is 1. The Morgan fingerprint density at radius 1 is 1.15 bits per heavy atom. The first-order valence-electron chi connectivity index (χ1n) is 11.1. The number of hydrogen-bond donors (Lipinski definition) is 1. The van der Waals surface area contributed by atoms with Crippen LogP contribution >= 0.6 is 11.3 Å². The van der Waals surface area contributed by atoms with Crippen molar-refractivity contribution in [2.75, 3.05) is 18.8 Å². The number of hydrogen-bond acceptors (Lipinski definition) is 6. The van der Waals surface area contributed by atoms with Crippen molar-refractivity contribution in [3.63, 3.8) is 0 Å². The van der Waals surface area contributed by atoms with Gasteiger partial charge < -0.3 is 15.4 Å². The number of alkyl halides is 3. The van der Waals surface area contributed by atoms with Crippen LogP contribution in [0, 0.1) is 6.92 Å². The zero-order valence-electron chi connectivity index (χ0n) is 18.7. The average Bonchev–Trinajstić information content (AvgIpc) is 3.09. The normalized spacial score (nSPS) is 19.0. The molecule has 1 fully saturated rings. The second-order valence-corrected chi connectivity index (χ2v) is 9.96. The van der Waals surface area contributed by atoms with Crippen LogP contribution in [0.25, 0.3) is 0 Å². The molecule has 2 N–H and O–H groups in total. The maximum absolute atomic E-state index is 12.7. The highest BCUT2D eigenvalue weighted by Crippen LogP contribution is 2.41. The van der Waals surface area contributed by atoms with E-state index in [4.69, 9.17) is 10.5 Å². The molecule has 6 nitrogen and oxygen atoms in total. The number of halogens is 3. The van der Waals surface area contributed by atoms with Crippen LogP contribution in [0.3, 0.4) is 0 Å². The van der Waals surface area contributed by atoms with Crippen molar-refractivity contribution in [1.82, 2.24) is 4.90 Å². The second-order valence-electron chi connectivity index (χ2n) is 8.91. The van der Waals surface area contributed by atoms with E-state index in [9.17, 15) is 27.6 Å². The number of piperidine rings is 1. The number of benzene rings is 1. The van der Waals surface area contributed by atoms with E-state index in [1.807, 2.05) is 6.92 Å². The molecular weight excluding hydrogens is 469 g/mol. The number of amides is 1. The first kappa shape index (κ1) is 24.3. The summed E-state index contributed by atoms with van der Waals surface area (Å²) in [5.41, 5.74) is 6.51. The van der Waals surface area contributed by atoms with Gasteiger partial charge in [0.2, 0.25) is 6.41 Å². The van der Waals surface area contributed by atoms with Gasteiger partial charge in [0, 0.05) is 32.4 Å². The minimum Gasteiger partial charge on any atom is -0.486 e. The van der Waals surface area contributed by atoms with E-state index in [0.717, 1.165) is 46.8 Å². The van der Waals surface area contributed by atoms with Crippen molar-refractivity contribution in [2.45, 2.75) is 57.2 Å². The van der Waals surface area contributed by atoms with Gasteiger partial charge in [0.1, 0.15) is 11.4 Å². The van der Waals surface area contributed by atoms with Crippen molar-refractivity contribution < 1.29 is 32.3 Å². The molecule has 3 heterocycles. The Kier molecular flexibility index (Phi) is 6.46. The topological polar surface area (TPSA) is 89.7 Å². The maximum Gasteiger partial charge on any atom is 0.416 e. The SMILES string of the molecule is Cc1c(N)sc2c1CCCC2=O.O=CN1CCC2(CC1)CC(=O)c1cc(C(F)(F)F)ccc1O2. The summed E-state index contributed by atoms with van der Waals surface area (Å²) in [6.07, 6.45) is 0.0283. The molecule has 1 aromatic heterocycles. The highest BCUT2D eigenvalue weighted by Gasteiger charge is 2.43. The van der Waals surface area contributed by atoms with Crippen molar-refractivity contribution in [2.24, 2.45) is 0 Å². The number of ketones is 2. The van der Waals surface area contributed by atoms with Gasteiger partial charge in [-0.15, -0.1) is 11.3 Å². The molecule has 34 heavy (non-hydrogen) atoms. The van der Waals surface area contributed by atoms with E-state index < -0.39 is 17.3 Å². The summed E-state index contributed by atoms with van der Waals surface area (Å²) in [7, 11) is 0. The molecule has 2 aromatic rings. The Morgan fingerprint density at radius 3 is 2.47 bits per heavy atom. The third-order valence-electron chi connectivity index (χ3n) is 6.67. The molecule has 182 valence electrons. The molecule has 2 aliphatic heterocycles. The van der Waals surface area contributed by atoms with Crippen LogP contribution in [0.1, 0.15) is 68.8 Å². The van der Waals surface area contributed by atoms with Crippen LogP contribution in [0.4, 0.5) is 18.2 Å². The number of anilines is 1. The summed E-state index contributed by atoms with van der Waals surface area (Å²) in [5.74, 6) is 0.136. The molecular formula is C24H25F3N2O4S. The summed E-state index contributed by atoms with van der Waals surface area (Å²) >= 11 is 1.45. The Hall–Kier alpha value is -2.88. The third kappa shape index (κ3) is 4.68. The number of Topliss-reactive ketones (excluding diaryl/α,β-unsaturated/α-hetero) is 2. The fourth-order valence-electron chi connectivity index (χ4n) is 4.62. The fourth-order valence-corrected chi connectivity index (χ4v) is 5.71. The van der Waals surface area contributed by atoms with Crippen LogP contribution in [0.15, 0.2) is 18.2 Å². The van der Waals surface area contributed by atoms with Gasteiger partial charge in [0.05, 0.1) is 27.4 Å². The largest absolute Gasteiger partial charge is 0.486 e. The fraction of sp³-hybridized carbons (Fsp3) is 0.458. The lowest BCUT2D eigenvalue weighted by atomic mass is 9.82. The zero-order valence-corrected chi connectivity index (χ0v) is 19.5. The van der Waals surface area contributed by atoms with Gasteiger partial charge in [-0.2, -0.15) is 13.2 Å². The summed E-state index contributed by atoms with van der Waals surface area (Å²) in [6.45, 7) is 2.96. The van der Waals surface area contributed by atoms with Gasteiger partial charge >= 0.3 is 6.18 Å². The molecule has 1 aliphatic carbocycles. The van der Waals surface area contributed by atoms with Crippen LogP contribution in [-0.4, -0.2) is 41.6 Å². The Labute approximate surface area is 198 Å². The molecule has 10 heteroatoms. The molecule has 1 amide bonds. The highest BCUT2D eigenvalue weighted by molar-refractivity contribution is 7.18. The third-order valence-corrected chi connectivity index (χ3v) is 7.87. The van der Waals surface area contributed by atoms with E-state index in [1.54, 1.807) is 4.90 Å². The minimum absolute atomic E-state index is 0.0155. The van der Waals surface area contributed by atoms with Crippen molar-refractivity contribution in [3.8, 4) is 5.75 Å². The first-order valence-corrected chi connectivity index (χ1v) is 11.9. The van der Waals surface area contributed by atoms with E-state index in [-0.39, 0.29) is 29.3 Å². The molecule has 1 spiro atoms. The van der Waals surface area contributed by atoms with Gasteiger partial charge in [-0.1, -0.05) is 0 Å². The Morgan fingerprint density at radius 2 is 1.85 bits per heavy atom. The molecule has 3 aliphatic rings. The predicted octanol–water partition coefficient (Wildman–Crippen LogP) is 4.82. The number of carbonyl (C=O) groups excluding carboxylic acids is 3. The molecule has 1 saturated heterocycles. The smallest absolute Gasteiger partial charge is 0.416 e. The molecule has 0 unspecified atom stereocenters. The average molecular weight is 495 g/mol. The van der Waals surface area contributed by atoms with Crippen molar-refractivity contribution >= 4 is 34.3 Å². The lowest BCUT2D eigenvalue weighted by Gasteiger charge is -2.43. The predicted molar refractivity (Wildman–Crippen MR) is 121 cm³/mol. The molecule has 0 bridgehead atoms. The van der Waals surface area contributed by atoms with Gasteiger partial charge in [0.25, 0.3) is 0 Å². The Bertz CT molecular complexity index is 1130. The standard InChI is InChI=1S/C15H14F3NO3.C9H11NOS/c16-15(17,18)10-1-2-13-11(7-10)12(21)8-14(22-13)3-5-19(9-20)6-4-14;1-5-6-3-2-4-7(11)8(6)12-9(5)10/h1-2,7,9H,3-6,8H2;2-4,10H2,1H3. The van der Waals surface area contributed by atoms with E-state index >= 15 is 0 Å². The number of likely N-dealkylation sites (tertiary alicyclic amines) is 1. The number of carbonyl (C=O) groups is 3. The zero-order chi connectivity index (χ0) is 24.7. The van der Waals surface area contributed by atoms with E-state index in [2.05, 4.69) is 0 Å². The molecule has 0 saturated carbocycles. The number of fused-ring (bicyclic) bond motifs is 2. The van der Waals surface area contributed by atoms with Gasteiger partial charge in [-0.05, 0) is 49.1 Å². The van der Waals surface area contributed by atoms with Crippen LogP contribution in [-0.2, 0) is 17.4 Å². The monoisotopic (exact) mass is 494 g/mol. The summed E-state index contributed by atoms with van der Waals surface area (Å²) in [6, 6.07) is 2.99. The van der Waals surface area contributed by atoms with Crippen LogP contribution < -0.4 is 10.5 Å². The first-order chi connectivity index (χ1) is 16.0. The highest BCUT2D eigenvalue weighted by atomic mass is 32.1. The quantitative estimate of drug-likeness (QED) is 0.574. The lowest BCUT2D eigenvalue weighted by Crippen LogP contribution is -2.50. The molecule has 0 atom stereocenters. The maximum atomic E-state index is 12.7. The molecule has 1 aromatic carbocycles. The number of thiophene rings is 1. The van der Waals surface area contributed by atoms with Crippen LogP contribution in [0.5, 0.6) is 5.75 Å². The minimum atomic E-state index is -4.49. The number of nitrogens with zero attached hydrogens (tertiary/aromatic N) is 1. The van der Waals surface area contributed by atoms with Crippen molar-refractivity contribution in [1.29, 1.82) is 0 Å². The number of nitrogens with two attached hydrogens (primary N) is 1. The molecule has 5 rings (SSSR count). The van der Waals surface area contributed by atoms with Crippen molar-refractivity contribution in [3.05, 3.63) is 45.3 Å². The second kappa shape index (κ2) is 9.05. The summed E-state index contributed by atoms with van der Waals surface area (Å²) in [5, 5.41) is 0.815. The van der Waals surface area contributed by atoms with Gasteiger partial charge in [-0.25, -0.2) is 0 Å². The van der Waals surface area contributed by atoms with Crippen LogP contribution in [0.2, 0.25) is 0 Å². The summed E-state index contributed by atoms with van der Waals surface area (Å²) < 4.78 is 44.0. The van der Waals surface area contributed by atoms with Gasteiger partial charge in [-0.3, -0.25) is 14.4 Å². The van der Waals surface area contributed by atoms with Gasteiger partial charge in [0.15, 0.2) is 11.6 Å². The lowest BCUT2D eigenvalue weighted by molar-refractivity contribution is -0.137. The number of ether oxygens (including phenoxy) is 1. The summed E-state index contributed by atoms with van der Waals surface area (Å²) in [4.78, 5) is 36.9. The number of rotatable bonds is 1. The van der Waals surface area contributed by atoms with E-state index in [1.165, 1.54) is 23.0 Å². The Balaban J connectivity index is 0.000000192.